The van der Waals surface area contributed by atoms with Crippen LogP contribution in [0.2, 0.25) is 0 Å². The maximum absolute atomic E-state index is 5.31. The Balaban J connectivity index is 1.65. The lowest BCUT2D eigenvalue weighted by atomic mass is 10.1. The van der Waals surface area contributed by atoms with Crippen molar-refractivity contribution >= 4 is 0 Å². The fourth-order valence-electron chi connectivity index (χ4n) is 1.97. The number of nitrogens with zero attached hydrogens (tertiary/aromatic N) is 2. The lowest BCUT2D eigenvalue weighted by Crippen LogP contribution is -2.15. The van der Waals surface area contributed by atoms with Gasteiger partial charge < -0.3 is 14.6 Å². The summed E-state index contributed by atoms with van der Waals surface area (Å²) in [4.78, 5) is 4.38. The van der Waals surface area contributed by atoms with Crippen molar-refractivity contribution in [3.8, 4) is 5.75 Å². The van der Waals surface area contributed by atoms with Crippen molar-refractivity contribution in [3.63, 3.8) is 0 Å². The van der Waals surface area contributed by atoms with Crippen molar-refractivity contribution in [1.29, 1.82) is 0 Å². The topological polar surface area (TPSA) is 60.2 Å². The Kier molecular flexibility index (Phi) is 3.46. The summed E-state index contributed by atoms with van der Waals surface area (Å²) in [6, 6.07) is 8.52. The van der Waals surface area contributed by atoms with Gasteiger partial charge in [-0.05, 0) is 18.9 Å². The summed E-state index contributed by atoms with van der Waals surface area (Å²) in [7, 11) is 1.67. The molecule has 100 valence electrons. The van der Waals surface area contributed by atoms with Crippen LogP contribution in [-0.4, -0.2) is 23.3 Å². The molecule has 1 aliphatic carbocycles. The summed E-state index contributed by atoms with van der Waals surface area (Å²) in [5, 5.41) is 7.36. The zero-order valence-electron chi connectivity index (χ0n) is 10.9. The van der Waals surface area contributed by atoms with E-state index in [-0.39, 0.29) is 0 Å². The standard InChI is InChI=1S/C14H17N3O2/c1-18-12-5-3-2-4-10(12)8-13-16-14(19-17-13)9-15-11-6-7-11/h2-5,11,15H,6-9H2,1H3. The Hall–Kier alpha value is -1.88. The van der Waals surface area contributed by atoms with Crippen LogP contribution in [-0.2, 0) is 13.0 Å². The maximum atomic E-state index is 5.31. The molecule has 1 fully saturated rings. The Labute approximate surface area is 112 Å². The molecule has 0 spiro atoms. The number of hydrogen-bond acceptors (Lipinski definition) is 5. The number of ether oxygens (including phenoxy) is 1. The van der Waals surface area contributed by atoms with Crippen LogP contribution in [0.4, 0.5) is 0 Å². The number of benzene rings is 1. The second-order valence-corrected chi connectivity index (χ2v) is 4.75. The highest BCUT2D eigenvalue weighted by molar-refractivity contribution is 5.35. The van der Waals surface area contributed by atoms with Crippen LogP contribution in [0, 0.1) is 0 Å². The lowest BCUT2D eigenvalue weighted by molar-refractivity contribution is 0.362. The third kappa shape index (κ3) is 3.12. The minimum Gasteiger partial charge on any atom is -0.496 e. The Morgan fingerprint density at radius 3 is 3.00 bits per heavy atom. The molecule has 5 heteroatoms. The minimum absolute atomic E-state index is 0.622. The number of methoxy groups -OCH3 is 1. The first kappa shape index (κ1) is 12.2. The molecule has 1 aromatic heterocycles. The molecule has 0 aliphatic heterocycles. The highest BCUT2D eigenvalue weighted by Crippen LogP contribution is 2.21. The maximum Gasteiger partial charge on any atom is 0.240 e. The second kappa shape index (κ2) is 5.40. The van der Waals surface area contributed by atoms with Crippen molar-refractivity contribution in [3.05, 3.63) is 41.5 Å². The van der Waals surface area contributed by atoms with Crippen molar-refractivity contribution in [2.24, 2.45) is 0 Å². The van der Waals surface area contributed by atoms with Gasteiger partial charge in [-0.3, -0.25) is 0 Å². The molecule has 1 aliphatic rings. The first-order chi connectivity index (χ1) is 9.35. The molecule has 0 amide bonds. The first-order valence-corrected chi connectivity index (χ1v) is 6.52. The molecule has 1 N–H and O–H groups in total. The van der Waals surface area contributed by atoms with Crippen molar-refractivity contribution in [2.45, 2.75) is 31.8 Å². The van der Waals surface area contributed by atoms with E-state index < -0.39 is 0 Å². The van der Waals surface area contributed by atoms with E-state index in [1.807, 2.05) is 24.3 Å². The van der Waals surface area contributed by atoms with Crippen molar-refractivity contribution in [1.82, 2.24) is 15.5 Å². The van der Waals surface area contributed by atoms with Gasteiger partial charge in [0.1, 0.15) is 5.75 Å². The molecule has 3 rings (SSSR count). The number of para-hydroxylation sites is 1. The van der Waals surface area contributed by atoms with Crippen LogP contribution in [0.15, 0.2) is 28.8 Å². The quantitative estimate of drug-likeness (QED) is 0.858. The molecule has 1 aromatic carbocycles. The van der Waals surface area contributed by atoms with E-state index in [0.717, 1.165) is 11.3 Å². The summed E-state index contributed by atoms with van der Waals surface area (Å²) in [5.41, 5.74) is 1.06. The smallest absolute Gasteiger partial charge is 0.240 e. The molecule has 0 radical (unpaired) electrons. The van der Waals surface area contributed by atoms with E-state index >= 15 is 0 Å². The first-order valence-electron chi connectivity index (χ1n) is 6.52. The van der Waals surface area contributed by atoms with Gasteiger partial charge in [0.2, 0.25) is 5.89 Å². The van der Waals surface area contributed by atoms with Crippen LogP contribution in [0.3, 0.4) is 0 Å². The van der Waals surface area contributed by atoms with Crippen molar-refractivity contribution in [2.75, 3.05) is 7.11 Å². The van der Waals surface area contributed by atoms with Gasteiger partial charge in [0.25, 0.3) is 0 Å². The van der Waals surface area contributed by atoms with E-state index in [1.54, 1.807) is 7.11 Å². The summed E-state index contributed by atoms with van der Waals surface area (Å²) < 4.78 is 10.5. The summed E-state index contributed by atoms with van der Waals surface area (Å²) in [6.45, 7) is 0.656. The molecular formula is C14H17N3O2. The molecule has 1 heterocycles. The molecule has 0 atom stereocenters. The minimum atomic E-state index is 0.622. The van der Waals surface area contributed by atoms with Crippen LogP contribution in [0.5, 0.6) is 5.75 Å². The average Bonchev–Trinajstić information content (AvgIpc) is 3.17. The summed E-state index contributed by atoms with van der Waals surface area (Å²) in [5.74, 6) is 2.19. The normalized spacial score (nSPS) is 14.6. The Morgan fingerprint density at radius 2 is 2.21 bits per heavy atom. The predicted octanol–water partition coefficient (Wildman–Crippen LogP) is 1.92. The number of nitrogens with one attached hydrogen (secondary N) is 1. The van der Waals surface area contributed by atoms with E-state index in [2.05, 4.69) is 15.5 Å². The van der Waals surface area contributed by atoms with Crippen LogP contribution in [0.1, 0.15) is 30.1 Å². The SMILES string of the molecule is COc1ccccc1Cc1noc(CNC2CC2)n1. The molecular weight excluding hydrogens is 242 g/mol. The fourth-order valence-corrected chi connectivity index (χ4v) is 1.97. The van der Waals surface area contributed by atoms with Gasteiger partial charge in [0.15, 0.2) is 5.82 Å². The number of rotatable bonds is 6. The zero-order chi connectivity index (χ0) is 13.1. The Morgan fingerprint density at radius 1 is 1.37 bits per heavy atom. The van der Waals surface area contributed by atoms with Crippen LogP contribution >= 0.6 is 0 Å². The third-order valence-corrected chi connectivity index (χ3v) is 3.17. The molecule has 2 aromatic rings. The van der Waals surface area contributed by atoms with Gasteiger partial charge >= 0.3 is 0 Å². The summed E-state index contributed by atoms with van der Waals surface area (Å²) in [6.07, 6.45) is 3.13. The van der Waals surface area contributed by atoms with E-state index in [0.29, 0.717) is 30.7 Å². The molecule has 19 heavy (non-hydrogen) atoms. The Bertz CT molecular complexity index is 549. The average molecular weight is 259 g/mol. The number of hydrogen-bond donors (Lipinski definition) is 1. The van der Waals surface area contributed by atoms with E-state index in [1.165, 1.54) is 12.8 Å². The molecule has 0 bridgehead atoms. The highest BCUT2D eigenvalue weighted by Gasteiger charge is 2.21. The van der Waals surface area contributed by atoms with E-state index in [9.17, 15) is 0 Å². The summed E-state index contributed by atoms with van der Waals surface area (Å²) >= 11 is 0. The van der Waals surface area contributed by atoms with Gasteiger partial charge in [-0.15, -0.1) is 0 Å². The van der Waals surface area contributed by atoms with Gasteiger partial charge in [0, 0.05) is 18.0 Å². The van der Waals surface area contributed by atoms with Gasteiger partial charge in [0.05, 0.1) is 13.7 Å². The zero-order valence-corrected chi connectivity index (χ0v) is 10.9. The monoisotopic (exact) mass is 259 g/mol. The lowest BCUT2D eigenvalue weighted by Gasteiger charge is -2.05. The van der Waals surface area contributed by atoms with E-state index in [4.69, 9.17) is 9.26 Å². The molecule has 0 saturated heterocycles. The second-order valence-electron chi connectivity index (χ2n) is 4.75. The largest absolute Gasteiger partial charge is 0.496 e. The molecule has 0 unspecified atom stereocenters. The molecule has 5 nitrogen and oxygen atoms in total. The van der Waals surface area contributed by atoms with Gasteiger partial charge in [-0.2, -0.15) is 4.98 Å². The van der Waals surface area contributed by atoms with Crippen LogP contribution < -0.4 is 10.1 Å². The highest BCUT2D eigenvalue weighted by atomic mass is 16.5. The fraction of sp³-hybridized carbons (Fsp3) is 0.429. The molecule has 1 saturated carbocycles. The van der Waals surface area contributed by atoms with Crippen molar-refractivity contribution < 1.29 is 9.26 Å². The van der Waals surface area contributed by atoms with Crippen LogP contribution in [0.25, 0.3) is 0 Å². The number of aromatic nitrogens is 2. The van der Waals surface area contributed by atoms with Gasteiger partial charge in [-0.1, -0.05) is 23.4 Å². The third-order valence-electron chi connectivity index (χ3n) is 3.17. The predicted molar refractivity (Wildman–Crippen MR) is 70.0 cm³/mol. The van der Waals surface area contributed by atoms with Gasteiger partial charge in [-0.25, -0.2) is 0 Å².